The Labute approximate surface area is 158 Å². The van der Waals surface area contributed by atoms with E-state index >= 15 is 0 Å². The van der Waals surface area contributed by atoms with Gasteiger partial charge in [-0.3, -0.25) is 4.99 Å². The van der Waals surface area contributed by atoms with Crippen LogP contribution >= 0.6 is 11.8 Å². The van der Waals surface area contributed by atoms with Crippen molar-refractivity contribution in [2.45, 2.75) is 13.8 Å². The van der Waals surface area contributed by atoms with Gasteiger partial charge in [-0.1, -0.05) is 41.6 Å². The fourth-order valence-electron chi connectivity index (χ4n) is 3.10. The number of aryl methyl sites for hydroxylation is 2. The van der Waals surface area contributed by atoms with Crippen LogP contribution in [0.3, 0.4) is 0 Å². The van der Waals surface area contributed by atoms with Crippen molar-refractivity contribution < 1.29 is 0 Å². The molecule has 1 saturated heterocycles. The Morgan fingerprint density at radius 3 is 2.31 bits per heavy atom. The number of piperazine rings is 1. The third-order valence-electron chi connectivity index (χ3n) is 4.66. The maximum absolute atomic E-state index is 4.75. The van der Waals surface area contributed by atoms with E-state index in [2.05, 4.69) is 63.3 Å². The van der Waals surface area contributed by atoms with E-state index in [1.54, 1.807) is 11.8 Å². The number of rotatable bonds is 2. The molecule has 0 unspecified atom stereocenters. The average Bonchev–Trinajstić information content (AvgIpc) is 3.13. The first-order valence-electron chi connectivity index (χ1n) is 8.97. The van der Waals surface area contributed by atoms with Crippen LogP contribution in [0.5, 0.6) is 0 Å². The van der Waals surface area contributed by atoms with Crippen LogP contribution in [0.25, 0.3) is 6.08 Å². The van der Waals surface area contributed by atoms with Crippen LogP contribution in [0.15, 0.2) is 46.3 Å². The molecule has 134 valence electrons. The highest BCUT2D eigenvalue weighted by atomic mass is 32.2. The minimum atomic E-state index is 0.789. The lowest BCUT2D eigenvalue weighted by Gasteiger charge is -2.35. The summed E-state index contributed by atoms with van der Waals surface area (Å²) in [4.78, 5) is 10.8. The number of aliphatic imine (C=N–C) groups is 1. The van der Waals surface area contributed by atoms with E-state index < -0.39 is 0 Å². The van der Waals surface area contributed by atoms with Gasteiger partial charge < -0.3 is 9.80 Å². The molecule has 4 rings (SSSR count). The average molecular weight is 366 g/mol. The van der Waals surface area contributed by atoms with Crippen LogP contribution in [-0.4, -0.2) is 53.0 Å². The van der Waals surface area contributed by atoms with Crippen molar-refractivity contribution in [3.63, 3.8) is 0 Å². The predicted octanol–water partition coefficient (Wildman–Crippen LogP) is 3.36. The van der Waals surface area contributed by atoms with Crippen LogP contribution in [0.2, 0.25) is 0 Å². The molecule has 2 aromatic rings. The summed E-state index contributed by atoms with van der Waals surface area (Å²) in [5.74, 6) is 0.969. The Balaban J connectivity index is 1.34. The van der Waals surface area contributed by atoms with Gasteiger partial charge in [-0.15, -0.1) is 5.10 Å². The van der Waals surface area contributed by atoms with Crippen LogP contribution < -0.4 is 4.90 Å². The van der Waals surface area contributed by atoms with Gasteiger partial charge in [0.2, 0.25) is 0 Å². The smallest absolute Gasteiger partial charge is 0.164 e. The highest BCUT2D eigenvalue weighted by molar-refractivity contribution is 8.17. The van der Waals surface area contributed by atoms with E-state index in [1.165, 1.54) is 16.0 Å². The molecular formula is C20H23N5S. The molecule has 3 heterocycles. The minimum Gasteiger partial charge on any atom is -0.352 e. The first-order chi connectivity index (χ1) is 12.7. The normalized spacial score (nSPS) is 19.2. The zero-order chi connectivity index (χ0) is 17.9. The molecule has 6 heteroatoms. The third kappa shape index (κ3) is 3.90. The molecule has 5 nitrogen and oxygen atoms in total. The molecule has 0 saturated carbocycles. The van der Waals surface area contributed by atoms with Gasteiger partial charge in [0.25, 0.3) is 0 Å². The number of anilines is 1. The zero-order valence-corrected chi connectivity index (χ0v) is 16.0. The van der Waals surface area contributed by atoms with Gasteiger partial charge in [-0.05, 0) is 37.6 Å². The second-order valence-electron chi connectivity index (χ2n) is 6.73. The molecule has 26 heavy (non-hydrogen) atoms. The Hall–Kier alpha value is -2.34. The largest absolute Gasteiger partial charge is 0.352 e. The van der Waals surface area contributed by atoms with Crippen molar-refractivity contribution in [2.24, 2.45) is 4.99 Å². The molecule has 1 fully saturated rings. The third-order valence-corrected chi connectivity index (χ3v) is 5.73. The van der Waals surface area contributed by atoms with Crippen molar-refractivity contribution in [1.82, 2.24) is 15.1 Å². The van der Waals surface area contributed by atoms with Crippen molar-refractivity contribution in [1.29, 1.82) is 0 Å². The molecular weight excluding hydrogens is 342 g/mol. The van der Waals surface area contributed by atoms with E-state index in [-0.39, 0.29) is 0 Å². The van der Waals surface area contributed by atoms with Crippen molar-refractivity contribution in [3.05, 3.63) is 58.1 Å². The van der Waals surface area contributed by atoms with Crippen LogP contribution in [0, 0.1) is 13.8 Å². The maximum Gasteiger partial charge on any atom is 0.164 e. The van der Waals surface area contributed by atoms with Crippen molar-refractivity contribution in [3.8, 4) is 0 Å². The van der Waals surface area contributed by atoms with Crippen LogP contribution in [0.4, 0.5) is 5.82 Å². The lowest BCUT2D eigenvalue weighted by atomic mass is 10.1. The highest BCUT2D eigenvalue weighted by Crippen LogP contribution is 2.29. The number of benzene rings is 1. The summed E-state index contributed by atoms with van der Waals surface area (Å²) in [6.07, 6.45) is 2.25. The Kier molecular flexibility index (Phi) is 4.93. The molecule has 0 atom stereocenters. The zero-order valence-electron chi connectivity index (χ0n) is 15.2. The first kappa shape index (κ1) is 17.1. The summed E-state index contributed by atoms with van der Waals surface area (Å²) in [6, 6.07) is 12.7. The molecule has 0 N–H and O–H groups in total. The Morgan fingerprint density at radius 2 is 1.62 bits per heavy atom. The SMILES string of the molecule is Cc1ccc(C=C2CN=C(N3CCN(c4ccc(C)nn4)CC3)S2)cc1. The van der Waals surface area contributed by atoms with Crippen molar-refractivity contribution >= 4 is 28.8 Å². The van der Waals surface area contributed by atoms with Gasteiger partial charge >= 0.3 is 0 Å². The van der Waals surface area contributed by atoms with E-state index in [0.717, 1.165) is 49.4 Å². The number of nitrogens with zero attached hydrogens (tertiary/aromatic N) is 5. The predicted molar refractivity (Wildman–Crippen MR) is 110 cm³/mol. The second-order valence-corrected chi connectivity index (χ2v) is 7.82. The molecule has 2 aliphatic rings. The summed E-state index contributed by atoms with van der Waals surface area (Å²) >= 11 is 1.81. The van der Waals surface area contributed by atoms with Crippen LogP contribution in [0.1, 0.15) is 16.8 Å². The lowest BCUT2D eigenvalue weighted by Crippen LogP contribution is -2.48. The maximum atomic E-state index is 4.75. The molecule has 0 aliphatic carbocycles. The van der Waals surface area contributed by atoms with E-state index in [0.29, 0.717) is 0 Å². The van der Waals surface area contributed by atoms with Gasteiger partial charge in [-0.25, -0.2) is 0 Å². The lowest BCUT2D eigenvalue weighted by molar-refractivity contribution is 0.390. The van der Waals surface area contributed by atoms with Gasteiger partial charge in [0.15, 0.2) is 11.0 Å². The molecule has 0 bridgehead atoms. The minimum absolute atomic E-state index is 0.789. The summed E-state index contributed by atoms with van der Waals surface area (Å²) in [7, 11) is 0. The number of hydrogen-bond donors (Lipinski definition) is 0. The highest BCUT2D eigenvalue weighted by Gasteiger charge is 2.24. The van der Waals surface area contributed by atoms with E-state index in [9.17, 15) is 0 Å². The number of amidine groups is 1. The summed E-state index contributed by atoms with van der Waals surface area (Å²) < 4.78 is 0. The second kappa shape index (κ2) is 7.50. The molecule has 1 aromatic heterocycles. The van der Waals surface area contributed by atoms with Gasteiger partial charge in [-0.2, -0.15) is 5.10 Å². The molecule has 0 amide bonds. The summed E-state index contributed by atoms with van der Waals surface area (Å²) in [5, 5.41) is 9.62. The monoisotopic (exact) mass is 365 g/mol. The standard InChI is InChI=1S/C20H23N5S/c1-15-3-6-17(7-4-15)13-18-14-21-20(26-18)25-11-9-24(10-12-25)19-8-5-16(2)22-23-19/h3-8,13H,9-12,14H2,1-2H3. The quantitative estimate of drug-likeness (QED) is 0.816. The molecule has 2 aliphatic heterocycles. The molecule has 0 spiro atoms. The Bertz CT molecular complexity index is 818. The topological polar surface area (TPSA) is 44.6 Å². The molecule has 0 radical (unpaired) electrons. The number of aromatic nitrogens is 2. The van der Waals surface area contributed by atoms with Gasteiger partial charge in [0.05, 0.1) is 12.2 Å². The summed E-state index contributed by atoms with van der Waals surface area (Å²) in [6.45, 7) is 8.72. The summed E-state index contributed by atoms with van der Waals surface area (Å²) in [5.41, 5.74) is 3.49. The van der Waals surface area contributed by atoms with E-state index in [4.69, 9.17) is 4.99 Å². The van der Waals surface area contributed by atoms with E-state index in [1.807, 2.05) is 13.0 Å². The fourth-order valence-corrected chi connectivity index (χ4v) is 4.10. The van der Waals surface area contributed by atoms with Gasteiger partial charge in [0.1, 0.15) is 0 Å². The van der Waals surface area contributed by atoms with Crippen LogP contribution in [-0.2, 0) is 0 Å². The van der Waals surface area contributed by atoms with Gasteiger partial charge in [0, 0.05) is 31.1 Å². The first-order valence-corrected chi connectivity index (χ1v) is 9.79. The Morgan fingerprint density at radius 1 is 0.885 bits per heavy atom. The number of hydrogen-bond acceptors (Lipinski definition) is 6. The number of thioether (sulfide) groups is 1. The molecule has 1 aromatic carbocycles. The fraction of sp³-hybridized carbons (Fsp3) is 0.350. The van der Waals surface area contributed by atoms with Crippen molar-refractivity contribution in [2.75, 3.05) is 37.6 Å².